The van der Waals surface area contributed by atoms with E-state index in [0.29, 0.717) is 38.1 Å². The molecule has 0 N–H and O–H groups in total. The van der Waals surface area contributed by atoms with E-state index >= 15 is 0 Å². The summed E-state index contributed by atoms with van der Waals surface area (Å²) in [7, 11) is 0. The van der Waals surface area contributed by atoms with Gasteiger partial charge in [-0.1, -0.05) is 12.1 Å². The summed E-state index contributed by atoms with van der Waals surface area (Å²) >= 11 is 0. The average Bonchev–Trinajstić information content (AvgIpc) is 3.15. The molecule has 4 rings (SSSR count). The van der Waals surface area contributed by atoms with Crippen molar-refractivity contribution in [2.24, 2.45) is 0 Å². The van der Waals surface area contributed by atoms with Gasteiger partial charge in [0, 0.05) is 58.1 Å². The number of carbonyl (C=O) groups excluding carboxylic acids is 1. The summed E-state index contributed by atoms with van der Waals surface area (Å²) in [6, 6.07) is 11.3. The molecule has 1 saturated heterocycles. The first kappa shape index (κ1) is 22.2. The molecule has 3 aromatic rings. The Morgan fingerprint density at radius 3 is 2.62 bits per heavy atom. The molecule has 0 atom stereocenters. The summed E-state index contributed by atoms with van der Waals surface area (Å²) in [5.41, 5.74) is 2.41. The minimum absolute atomic E-state index is 0.102. The zero-order valence-corrected chi connectivity index (χ0v) is 18.3. The van der Waals surface area contributed by atoms with E-state index in [-0.39, 0.29) is 11.7 Å². The van der Waals surface area contributed by atoms with Crippen LogP contribution in [0.4, 0.5) is 0 Å². The molecule has 0 unspecified atom stereocenters. The summed E-state index contributed by atoms with van der Waals surface area (Å²) in [6.07, 6.45) is 5.39. The number of para-hydroxylation sites is 2. The summed E-state index contributed by atoms with van der Waals surface area (Å²) in [5.74, 6) is -0.276. The van der Waals surface area contributed by atoms with Crippen LogP contribution in [0.25, 0.3) is 11.1 Å². The summed E-state index contributed by atoms with van der Waals surface area (Å²) in [6.45, 7) is 6.14. The topological polar surface area (TPSA) is 80.8 Å². The number of aromatic nitrogens is 2. The van der Waals surface area contributed by atoms with E-state index in [4.69, 9.17) is 9.15 Å². The molecule has 0 spiro atoms. The number of aryl methyl sites for hydroxylation is 1. The Morgan fingerprint density at radius 2 is 1.81 bits per heavy atom. The lowest BCUT2D eigenvalue weighted by Crippen LogP contribution is -2.39. The number of oxazole rings is 1. The van der Waals surface area contributed by atoms with Gasteiger partial charge >= 0.3 is 5.76 Å². The molecule has 0 aliphatic carbocycles. The predicted octanol–water partition coefficient (Wildman–Crippen LogP) is 2.52. The second kappa shape index (κ2) is 11.1. The number of pyridine rings is 1. The van der Waals surface area contributed by atoms with E-state index in [9.17, 15) is 9.59 Å². The van der Waals surface area contributed by atoms with Gasteiger partial charge in [-0.05, 0) is 42.7 Å². The van der Waals surface area contributed by atoms with E-state index in [1.165, 1.54) is 0 Å². The molecule has 1 fully saturated rings. The second-order valence-corrected chi connectivity index (χ2v) is 8.07. The number of fused-ring (bicyclic) bond motifs is 1. The van der Waals surface area contributed by atoms with E-state index in [1.54, 1.807) is 23.0 Å². The van der Waals surface area contributed by atoms with Gasteiger partial charge in [0.25, 0.3) is 0 Å². The molecule has 8 nitrogen and oxygen atoms in total. The molecular weight excluding hydrogens is 408 g/mol. The molecule has 1 aliphatic rings. The lowest BCUT2D eigenvalue weighted by atomic mass is 10.2. The number of hydrogen-bond acceptors (Lipinski definition) is 6. The summed E-state index contributed by atoms with van der Waals surface area (Å²) in [5, 5.41) is 0. The number of nitrogens with zero attached hydrogens (tertiary/aromatic N) is 4. The van der Waals surface area contributed by atoms with Gasteiger partial charge in [0.05, 0.1) is 18.7 Å². The number of morpholine rings is 1. The lowest BCUT2D eigenvalue weighted by molar-refractivity contribution is -0.132. The van der Waals surface area contributed by atoms with Gasteiger partial charge in [0.1, 0.15) is 0 Å². The Kier molecular flexibility index (Phi) is 7.68. The molecule has 170 valence electrons. The van der Waals surface area contributed by atoms with Crippen molar-refractivity contribution >= 4 is 17.0 Å². The molecular formula is C24H30N4O4. The third kappa shape index (κ3) is 5.83. The van der Waals surface area contributed by atoms with Crippen LogP contribution in [0.1, 0.15) is 24.8 Å². The Bertz CT molecular complexity index is 1060. The highest BCUT2D eigenvalue weighted by Crippen LogP contribution is 2.14. The normalized spacial score (nSPS) is 14.6. The lowest BCUT2D eigenvalue weighted by Gasteiger charge is -2.28. The first-order chi connectivity index (χ1) is 15.7. The molecule has 0 saturated carbocycles. The van der Waals surface area contributed by atoms with Gasteiger partial charge < -0.3 is 14.1 Å². The van der Waals surface area contributed by atoms with Crippen molar-refractivity contribution in [2.45, 2.75) is 32.4 Å². The van der Waals surface area contributed by atoms with Gasteiger partial charge in [0.2, 0.25) is 5.91 Å². The second-order valence-electron chi connectivity index (χ2n) is 8.07. The SMILES string of the molecule is O=C(CCCn1c(=O)oc2ccccc21)N(CCCN1CCOCC1)Cc1ccncc1. The molecule has 0 bridgehead atoms. The fourth-order valence-electron chi connectivity index (χ4n) is 4.08. The van der Waals surface area contributed by atoms with Crippen LogP contribution in [-0.4, -0.2) is 64.7 Å². The van der Waals surface area contributed by atoms with Gasteiger partial charge in [0.15, 0.2) is 5.58 Å². The van der Waals surface area contributed by atoms with Crippen LogP contribution in [-0.2, 0) is 22.6 Å². The zero-order chi connectivity index (χ0) is 22.2. The van der Waals surface area contributed by atoms with Crippen LogP contribution in [0.2, 0.25) is 0 Å². The minimum atomic E-state index is -0.377. The fourth-order valence-corrected chi connectivity index (χ4v) is 4.08. The maximum absolute atomic E-state index is 13.1. The number of hydrogen-bond donors (Lipinski definition) is 0. The third-order valence-corrected chi connectivity index (χ3v) is 5.83. The van der Waals surface area contributed by atoms with Crippen LogP contribution < -0.4 is 5.76 Å². The monoisotopic (exact) mass is 438 g/mol. The summed E-state index contributed by atoms with van der Waals surface area (Å²) in [4.78, 5) is 33.6. The van der Waals surface area contributed by atoms with Gasteiger partial charge in [-0.2, -0.15) is 0 Å². The van der Waals surface area contributed by atoms with Crippen LogP contribution in [0.5, 0.6) is 0 Å². The highest BCUT2D eigenvalue weighted by Gasteiger charge is 2.16. The van der Waals surface area contributed by atoms with Crippen LogP contribution >= 0.6 is 0 Å². The number of carbonyl (C=O) groups is 1. The Morgan fingerprint density at radius 1 is 1.03 bits per heavy atom. The number of benzene rings is 1. The molecule has 1 aliphatic heterocycles. The molecule has 32 heavy (non-hydrogen) atoms. The van der Waals surface area contributed by atoms with Gasteiger partial charge in [-0.25, -0.2) is 4.79 Å². The maximum atomic E-state index is 13.1. The predicted molar refractivity (Wildman–Crippen MR) is 121 cm³/mol. The van der Waals surface area contributed by atoms with Crippen molar-refractivity contribution < 1.29 is 13.9 Å². The van der Waals surface area contributed by atoms with E-state index in [1.807, 2.05) is 35.2 Å². The molecule has 1 aromatic carbocycles. The van der Waals surface area contributed by atoms with Crippen LogP contribution in [0.3, 0.4) is 0 Å². The highest BCUT2D eigenvalue weighted by atomic mass is 16.5. The Balaban J connectivity index is 1.34. The van der Waals surface area contributed by atoms with Crippen molar-refractivity contribution in [3.8, 4) is 0 Å². The van der Waals surface area contributed by atoms with E-state index in [0.717, 1.165) is 50.3 Å². The first-order valence-corrected chi connectivity index (χ1v) is 11.3. The molecule has 8 heteroatoms. The largest absolute Gasteiger partial charge is 0.419 e. The van der Waals surface area contributed by atoms with E-state index < -0.39 is 0 Å². The first-order valence-electron chi connectivity index (χ1n) is 11.3. The fraction of sp³-hybridized carbons (Fsp3) is 0.458. The van der Waals surface area contributed by atoms with Gasteiger partial charge in [-0.15, -0.1) is 0 Å². The zero-order valence-electron chi connectivity index (χ0n) is 18.3. The number of amides is 1. The molecule has 1 amide bonds. The third-order valence-electron chi connectivity index (χ3n) is 5.83. The molecule has 3 heterocycles. The number of rotatable bonds is 10. The smallest absolute Gasteiger partial charge is 0.408 e. The van der Waals surface area contributed by atoms with Crippen molar-refractivity contribution in [3.05, 3.63) is 64.9 Å². The Labute approximate surface area is 187 Å². The van der Waals surface area contributed by atoms with Gasteiger partial charge in [-0.3, -0.25) is 19.2 Å². The van der Waals surface area contributed by atoms with Crippen molar-refractivity contribution in [2.75, 3.05) is 39.4 Å². The Hall–Kier alpha value is -2.97. The standard InChI is InChI=1S/C24H30N4O4/c29-23(7-3-14-28-21-5-1-2-6-22(21)32-24(28)30)27(19-20-8-10-25-11-9-20)13-4-12-26-15-17-31-18-16-26/h1-2,5-6,8-11H,3-4,7,12-19H2. The number of ether oxygens (including phenoxy) is 1. The van der Waals surface area contributed by atoms with Crippen LogP contribution in [0, 0.1) is 0 Å². The molecule has 2 aromatic heterocycles. The van der Waals surface area contributed by atoms with Crippen LogP contribution in [0.15, 0.2) is 58.0 Å². The van der Waals surface area contributed by atoms with Crippen molar-refractivity contribution in [1.82, 2.24) is 19.4 Å². The maximum Gasteiger partial charge on any atom is 0.419 e. The minimum Gasteiger partial charge on any atom is -0.408 e. The highest BCUT2D eigenvalue weighted by molar-refractivity contribution is 5.76. The van der Waals surface area contributed by atoms with Crippen molar-refractivity contribution in [3.63, 3.8) is 0 Å². The van der Waals surface area contributed by atoms with Crippen molar-refractivity contribution in [1.29, 1.82) is 0 Å². The molecule has 0 radical (unpaired) electrons. The summed E-state index contributed by atoms with van der Waals surface area (Å²) < 4.78 is 12.3. The quantitative estimate of drug-likeness (QED) is 0.484. The average molecular weight is 439 g/mol. The van der Waals surface area contributed by atoms with E-state index in [2.05, 4.69) is 9.88 Å².